The molecule has 3 aliphatic heterocycles. The van der Waals surface area contributed by atoms with Crippen molar-refractivity contribution in [2.75, 3.05) is 6.61 Å². The molecule has 3 fully saturated rings. The number of hydrogen-bond acceptors (Lipinski definition) is 5. The molecule has 0 aromatic heterocycles. The van der Waals surface area contributed by atoms with Crippen molar-refractivity contribution in [1.82, 2.24) is 0 Å². The Hall–Kier alpha value is -0.650. The van der Waals surface area contributed by atoms with Gasteiger partial charge in [-0.2, -0.15) is 0 Å². The molecule has 13 heavy (non-hydrogen) atoms. The number of epoxide rings is 1. The van der Waals surface area contributed by atoms with Gasteiger partial charge in [0.05, 0.1) is 6.61 Å². The van der Waals surface area contributed by atoms with E-state index in [9.17, 15) is 4.79 Å². The maximum Gasteiger partial charge on any atom is 0.303 e. The second-order valence-corrected chi connectivity index (χ2v) is 3.52. The molecule has 3 saturated heterocycles. The number of ether oxygens (including phenoxy) is 4. The summed E-state index contributed by atoms with van der Waals surface area (Å²) in [5.74, 6) is -0.322. The van der Waals surface area contributed by atoms with E-state index in [0.717, 1.165) is 0 Å². The van der Waals surface area contributed by atoms with Gasteiger partial charge in [-0.15, -0.1) is 0 Å². The first-order valence-electron chi connectivity index (χ1n) is 4.35. The largest absolute Gasteiger partial charge is 0.454 e. The minimum atomic E-state index is -0.419. The van der Waals surface area contributed by atoms with Crippen LogP contribution in [0, 0.1) is 0 Å². The summed E-state index contributed by atoms with van der Waals surface area (Å²) in [5, 5.41) is 0. The van der Waals surface area contributed by atoms with Crippen LogP contribution in [-0.2, 0) is 23.7 Å². The van der Waals surface area contributed by atoms with E-state index in [4.69, 9.17) is 18.9 Å². The topological polar surface area (TPSA) is 57.3 Å². The third kappa shape index (κ3) is 1.08. The van der Waals surface area contributed by atoms with Crippen molar-refractivity contribution in [1.29, 1.82) is 0 Å². The molecule has 0 amide bonds. The lowest BCUT2D eigenvalue weighted by Gasteiger charge is -2.23. The van der Waals surface area contributed by atoms with E-state index in [0.29, 0.717) is 6.61 Å². The van der Waals surface area contributed by atoms with E-state index in [-0.39, 0.29) is 30.4 Å². The Labute approximate surface area is 74.9 Å². The summed E-state index contributed by atoms with van der Waals surface area (Å²) in [4.78, 5) is 10.8. The first kappa shape index (κ1) is 7.73. The summed E-state index contributed by atoms with van der Waals surface area (Å²) in [6, 6.07) is 0. The molecule has 0 spiro atoms. The average molecular weight is 186 g/mol. The van der Waals surface area contributed by atoms with Gasteiger partial charge in [-0.05, 0) is 0 Å². The molecule has 0 N–H and O–H groups in total. The van der Waals surface area contributed by atoms with E-state index in [1.54, 1.807) is 0 Å². The first-order valence-corrected chi connectivity index (χ1v) is 4.35. The minimum Gasteiger partial charge on any atom is -0.454 e. The summed E-state index contributed by atoms with van der Waals surface area (Å²) < 4.78 is 21.2. The summed E-state index contributed by atoms with van der Waals surface area (Å²) >= 11 is 0. The monoisotopic (exact) mass is 186 g/mol. The standard InChI is InChI=1S/C8H10O5/c1-3(9)11-7-6-5(13-6)4-2-10-8(7)12-4/h4-8H,2H2,1H3. The van der Waals surface area contributed by atoms with Crippen molar-refractivity contribution in [2.45, 2.75) is 37.6 Å². The van der Waals surface area contributed by atoms with Crippen LogP contribution >= 0.6 is 0 Å². The molecule has 3 heterocycles. The maximum atomic E-state index is 10.8. The third-order valence-electron chi connectivity index (χ3n) is 2.56. The predicted octanol–water partition coefficient (Wildman–Crippen LogP) is -0.559. The molecule has 3 rings (SSSR count). The van der Waals surface area contributed by atoms with E-state index < -0.39 is 6.29 Å². The zero-order valence-corrected chi connectivity index (χ0v) is 7.14. The second-order valence-electron chi connectivity index (χ2n) is 3.52. The minimum absolute atomic E-state index is 0.00449. The van der Waals surface area contributed by atoms with Crippen molar-refractivity contribution < 1.29 is 23.7 Å². The van der Waals surface area contributed by atoms with Gasteiger partial charge in [0.25, 0.3) is 0 Å². The van der Waals surface area contributed by atoms with Crippen LogP contribution in [0.25, 0.3) is 0 Å². The first-order chi connectivity index (χ1) is 6.25. The number of hydrogen-bond donors (Lipinski definition) is 0. The highest BCUT2D eigenvalue weighted by Crippen LogP contribution is 2.42. The molecule has 0 aromatic carbocycles. The number of carbonyl (C=O) groups excluding carboxylic acids is 1. The van der Waals surface area contributed by atoms with Gasteiger partial charge in [-0.1, -0.05) is 0 Å². The lowest BCUT2D eigenvalue weighted by Crippen LogP contribution is -2.42. The highest BCUT2D eigenvalue weighted by molar-refractivity contribution is 5.66. The van der Waals surface area contributed by atoms with Crippen LogP contribution < -0.4 is 0 Å². The van der Waals surface area contributed by atoms with E-state index >= 15 is 0 Å². The van der Waals surface area contributed by atoms with Gasteiger partial charge in [-0.3, -0.25) is 4.79 Å². The van der Waals surface area contributed by atoms with E-state index in [2.05, 4.69) is 0 Å². The van der Waals surface area contributed by atoms with Crippen LogP contribution in [0.4, 0.5) is 0 Å². The number of esters is 1. The third-order valence-corrected chi connectivity index (χ3v) is 2.56. The van der Waals surface area contributed by atoms with Gasteiger partial charge in [-0.25, -0.2) is 0 Å². The number of carbonyl (C=O) groups is 1. The highest BCUT2D eigenvalue weighted by atomic mass is 16.8. The van der Waals surface area contributed by atoms with Gasteiger partial charge in [0.2, 0.25) is 0 Å². The van der Waals surface area contributed by atoms with Gasteiger partial charge in [0, 0.05) is 6.92 Å². The van der Waals surface area contributed by atoms with Crippen LogP contribution in [0.15, 0.2) is 0 Å². The quantitative estimate of drug-likeness (QED) is 0.406. The van der Waals surface area contributed by atoms with Crippen LogP contribution in [0.5, 0.6) is 0 Å². The second kappa shape index (κ2) is 2.43. The van der Waals surface area contributed by atoms with Crippen molar-refractivity contribution in [2.24, 2.45) is 0 Å². The zero-order chi connectivity index (χ0) is 9.00. The summed E-state index contributed by atoms with van der Waals surface area (Å²) in [6.45, 7) is 1.92. The fourth-order valence-electron chi connectivity index (χ4n) is 1.95. The molecule has 5 nitrogen and oxygen atoms in total. The Bertz CT molecular complexity index is 253. The molecule has 3 aliphatic rings. The normalized spacial score (nSPS) is 51.3. The number of rotatable bonds is 1. The van der Waals surface area contributed by atoms with Crippen LogP contribution in [-0.4, -0.2) is 43.3 Å². The molecule has 5 heteroatoms. The smallest absolute Gasteiger partial charge is 0.303 e. The Morgan fingerprint density at radius 2 is 2.23 bits per heavy atom. The number of fused-ring (bicyclic) bond motifs is 4. The zero-order valence-electron chi connectivity index (χ0n) is 7.14. The lowest BCUT2D eigenvalue weighted by atomic mass is 10.1. The summed E-state index contributed by atoms with van der Waals surface area (Å²) in [7, 11) is 0. The van der Waals surface area contributed by atoms with E-state index in [1.807, 2.05) is 0 Å². The molecule has 72 valence electrons. The van der Waals surface area contributed by atoms with Gasteiger partial charge in [0.15, 0.2) is 12.4 Å². The molecule has 2 bridgehead atoms. The Balaban J connectivity index is 1.76. The summed E-state index contributed by atoms with van der Waals surface area (Å²) in [6.07, 6.45) is -0.682. The molecule has 0 radical (unpaired) electrons. The average Bonchev–Trinajstić information content (AvgIpc) is 2.74. The molecule has 5 atom stereocenters. The molecular weight excluding hydrogens is 176 g/mol. The summed E-state index contributed by atoms with van der Waals surface area (Å²) in [5.41, 5.74) is 0. The van der Waals surface area contributed by atoms with Crippen molar-refractivity contribution in [3.63, 3.8) is 0 Å². The Morgan fingerprint density at radius 1 is 1.38 bits per heavy atom. The SMILES string of the molecule is CC(=O)OC1C2OCC(O2)C2OC21. The molecular formula is C8H10O5. The lowest BCUT2D eigenvalue weighted by molar-refractivity contribution is -0.181. The van der Waals surface area contributed by atoms with Crippen LogP contribution in [0.1, 0.15) is 6.92 Å². The van der Waals surface area contributed by atoms with Gasteiger partial charge in [0.1, 0.15) is 18.3 Å². The van der Waals surface area contributed by atoms with Crippen molar-refractivity contribution in [3.05, 3.63) is 0 Å². The Morgan fingerprint density at radius 3 is 3.00 bits per heavy atom. The fraction of sp³-hybridized carbons (Fsp3) is 0.875. The predicted molar refractivity (Wildman–Crippen MR) is 38.8 cm³/mol. The van der Waals surface area contributed by atoms with Crippen molar-refractivity contribution in [3.8, 4) is 0 Å². The van der Waals surface area contributed by atoms with Gasteiger partial charge >= 0.3 is 5.97 Å². The molecule has 0 aromatic rings. The molecule has 0 saturated carbocycles. The van der Waals surface area contributed by atoms with Gasteiger partial charge < -0.3 is 18.9 Å². The highest BCUT2D eigenvalue weighted by Gasteiger charge is 2.62. The fourth-order valence-corrected chi connectivity index (χ4v) is 1.95. The van der Waals surface area contributed by atoms with Crippen LogP contribution in [0.2, 0.25) is 0 Å². The van der Waals surface area contributed by atoms with Crippen molar-refractivity contribution >= 4 is 5.97 Å². The molecule has 0 aliphatic carbocycles. The molecule has 5 unspecified atom stereocenters. The van der Waals surface area contributed by atoms with Crippen LogP contribution in [0.3, 0.4) is 0 Å². The van der Waals surface area contributed by atoms with E-state index in [1.165, 1.54) is 6.92 Å². The Kier molecular flexibility index (Phi) is 1.45. The maximum absolute atomic E-state index is 10.8.